The zero-order chi connectivity index (χ0) is 10.8. The van der Waals surface area contributed by atoms with Gasteiger partial charge < -0.3 is 4.84 Å². The Balaban J connectivity index is 2.48. The van der Waals surface area contributed by atoms with E-state index in [1.807, 2.05) is 30.0 Å². The van der Waals surface area contributed by atoms with Crippen LogP contribution in [0.4, 0.5) is 0 Å². The second-order valence-corrected chi connectivity index (χ2v) is 5.41. The van der Waals surface area contributed by atoms with Gasteiger partial charge in [-0.2, -0.15) is 0 Å². The highest BCUT2D eigenvalue weighted by Gasteiger charge is 2.22. The van der Waals surface area contributed by atoms with Crippen molar-refractivity contribution in [3.8, 4) is 0 Å². The van der Waals surface area contributed by atoms with Crippen molar-refractivity contribution < 1.29 is 4.84 Å². The van der Waals surface area contributed by atoms with E-state index in [2.05, 4.69) is 12.1 Å². The van der Waals surface area contributed by atoms with Crippen LogP contribution < -0.4 is 0 Å². The number of thioether (sulfide) groups is 1. The number of hydrogen-bond donors (Lipinski definition) is 0. The van der Waals surface area contributed by atoms with Crippen molar-refractivity contribution in [1.82, 2.24) is 0 Å². The van der Waals surface area contributed by atoms with Gasteiger partial charge in [-0.3, -0.25) is 0 Å². The molecule has 1 unspecified atom stereocenters. The average molecular weight is 242 g/mol. The molecule has 2 nitrogen and oxygen atoms in total. The summed E-state index contributed by atoms with van der Waals surface area (Å²) in [4.78, 5) is 6.09. The highest BCUT2D eigenvalue weighted by Crippen LogP contribution is 2.36. The second kappa shape index (κ2) is 4.45. The fraction of sp³-hybridized carbons (Fsp3) is 0.364. The molecule has 0 radical (unpaired) electrons. The molecule has 15 heavy (non-hydrogen) atoms. The van der Waals surface area contributed by atoms with Crippen molar-refractivity contribution in [1.29, 1.82) is 0 Å². The van der Waals surface area contributed by atoms with Crippen LogP contribution in [0.2, 0.25) is 5.02 Å². The van der Waals surface area contributed by atoms with Crippen LogP contribution in [0.3, 0.4) is 0 Å². The molecule has 4 heteroatoms. The van der Waals surface area contributed by atoms with E-state index in [1.54, 1.807) is 7.11 Å². The van der Waals surface area contributed by atoms with E-state index in [0.717, 1.165) is 22.7 Å². The second-order valence-electron chi connectivity index (χ2n) is 3.49. The number of fused-ring (bicyclic) bond motifs is 1. The largest absolute Gasteiger partial charge is 0.399 e. The van der Waals surface area contributed by atoms with E-state index in [0.29, 0.717) is 5.25 Å². The van der Waals surface area contributed by atoms with Crippen LogP contribution in [-0.2, 0) is 4.84 Å². The van der Waals surface area contributed by atoms with Crippen LogP contribution in [0.15, 0.2) is 28.3 Å². The number of benzene rings is 1. The van der Waals surface area contributed by atoms with Crippen molar-refractivity contribution in [2.75, 3.05) is 7.11 Å². The fourth-order valence-electron chi connectivity index (χ4n) is 1.67. The van der Waals surface area contributed by atoms with E-state index in [4.69, 9.17) is 16.4 Å². The maximum absolute atomic E-state index is 5.97. The lowest BCUT2D eigenvalue weighted by atomic mass is 10.1. The first kappa shape index (κ1) is 10.8. The predicted octanol–water partition coefficient (Wildman–Crippen LogP) is 3.57. The van der Waals surface area contributed by atoms with Crippen molar-refractivity contribution in [2.24, 2.45) is 5.16 Å². The number of halogens is 1. The molecule has 0 spiro atoms. The first-order valence-corrected chi connectivity index (χ1v) is 6.03. The summed E-state index contributed by atoms with van der Waals surface area (Å²) >= 11 is 7.83. The van der Waals surface area contributed by atoms with Gasteiger partial charge in [0.25, 0.3) is 0 Å². The van der Waals surface area contributed by atoms with E-state index >= 15 is 0 Å². The standard InChI is InChI=1S/C11H12ClNOS/c1-7-5-10(13-14-2)9-6-8(12)3-4-11(9)15-7/h3-4,6-7H,5H2,1-2H3/b13-10+. The third kappa shape index (κ3) is 2.29. The van der Waals surface area contributed by atoms with E-state index in [9.17, 15) is 0 Å². The molecule has 0 N–H and O–H groups in total. The highest BCUT2D eigenvalue weighted by molar-refractivity contribution is 8.00. The lowest BCUT2D eigenvalue weighted by Gasteiger charge is -2.22. The van der Waals surface area contributed by atoms with Gasteiger partial charge in [0.15, 0.2) is 0 Å². The van der Waals surface area contributed by atoms with Crippen molar-refractivity contribution in [2.45, 2.75) is 23.5 Å². The fourth-order valence-corrected chi connectivity index (χ4v) is 2.96. The molecule has 1 aliphatic rings. The van der Waals surface area contributed by atoms with Crippen LogP contribution in [0.5, 0.6) is 0 Å². The molecule has 1 aliphatic heterocycles. The zero-order valence-corrected chi connectivity index (χ0v) is 10.2. The SMILES string of the molecule is CO/N=C1\CC(C)Sc2ccc(Cl)cc21. The smallest absolute Gasteiger partial charge is 0.106 e. The van der Waals surface area contributed by atoms with Gasteiger partial charge in [0.1, 0.15) is 7.11 Å². The molecule has 0 amide bonds. The lowest BCUT2D eigenvalue weighted by Crippen LogP contribution is -2.15. The predicted molar refractivity (Wildman–Crippen MR) is 64.9 cm³/mol. The van der Waals surface area contributed by atoms with Crippen LogP contribution in [0.1, 0.15) is 18.9 Å². The Morgan fingerprint density at radius 2 is 2.33 bits per heavy atom. The van der Waals surface area contributed by atoms with Crippen LogP contribution in [-0.4, -0.2) is 18.1 Å². The summed E-state index contributed by atoms with van der Waals surface area (Å²) < 4.78 is 0. The molecule has 0 saturated heterocycles. The summed E-state index contributed by atoms with van der Waals surface area (Å²) in [6.07, 6.45) is 0.922. The molecular weight excluding hydrogens is 230 g/mol. The first-order valence-electron chi connectivity index (χ1n) is 4.77. The molecule has 1 aromatic rings. The van der Waals surface area contributed by atoms with E-state index in [1.165, 1.54) is 4.90 Å². The van der Waals surface area contributed by atoms with Gasteiger partial charge in [-0.05, 0) is 18.2 Å². The Morgan fingerprint density at radius 1 is 1.53 bits per heavy atom. The lowest BCUT2D eigenvalue weighted by molar-refractivity contribution is 0.212. The van der Waals surface area contributed by atoms with Gasteiger partial charge in [0, 0.05) is 27.2 Å². The van der Waals surface area contributed by atoms with Crippen molar-refractivity contribution in [3.05, 3.63) is 28.8 Å². The zero-order valence-electron chi connectivity index (χ0n) is 8.66. The van der Waals surface area contributed by atoms with E-state index in [-0.39, 0.29) is 0 Å². The summed E-state index contributed by atoms with van der Waals surface area (Å²) in [5, 5.41) is 5.34. The molecule has 1 aromatic carbocycles. The summed E-state index contributed by atoms with van der Waals surface area (Å²) in [6, 6.07) is 5.91. The van der Waals surface area contributed by atoms with Crippen molar-refractivity contribution >= 4 is 29.1 Å². The molecule has 0 aromatic heterocycles. The van der Waals surface area contributed by atoms with Gasteiger partial charge in [-0.15, -0.1) is 11.8 Å². The topological polar surface area (TPSA) is 21.6 Å². The molecule has 0 aliphatic carbocycles. The van der Waals surface area contributed by atoms with Gasteiger partial charge in [-0.1, -0.05) is 23.7 Å². The highest BCUT2D eigenvalue weighted by atomic mass is 35.5. The van der Waals surface area contributed by atoms with Gasteiger partial charge >= 0.3 is 0 Å². The summed E-state index contributed by atoms with van der Waals surface area (Å²) in [5.74, 6) is 0. The maximum Gasteiger partial charge on any atom is 0.106 e. The Morgan fingerprint density at radius 3 is 3.07 bits per heavy atom. The number of oxime groups is 1. The molecule has 2 rings (SSSR count). The molecule has 1 heterocycles. The quantitative estimate of drug-likeness (QED) is 0.701. The van der Waals surface area contributed by atoms with E-state index < -0.39 is 0 Å². The number of rotatable bonds is 1. The third-order valence-corrected chi connectivity index (χ3v) is 3.68. The summed E-state index contributed by atoms with van der Waals surface area (Å²) in [5.41, 5.74) is 2.09. The minimum atomic E-state index is 0.535. The van der Waals surface area contributed by atoms with Gasteiger partial charge in [0.2, 0.25) is 0 Å². The number of hydrogen-bond acceptors (Lipinski definition) is 3. The monoisotopic (exact) mass is 241 g/mol. The molecule has 1 atom stereocenters. The molecule has 0 saturated carbocycles. The molecule has 80 valence electrons. The first-order chi connectivity index (χ1) is 7.20. The van der Waals surface area contributed by atoms with Crippen LogP contribution in [0, 0.1) is 0 Å². The van der Waals surface area contributed by atoms with Gasteiger partial charge in [0.05, 0.1) is 5.71 Å². The minimum absolute atomic E-state index is 0.535. The Labute approximate surface area is 98.6 Å². The molecular formula is C11H12ClNOS. The van der Waals surface area contributed by atoms with Crippen LogP contribution in [0.25, 0.3) is 0 Å². The maximum atomic E-state index is 5.97. The Bertz CT molecular complexity index is 406. The van der Waals surface area contributed by atoms with Crippen LogP contribution >= 0.6 is 23.4 Å². The number of nitrogens with zero attached hydrogens (tertiary/aromatic N) is 1. The average Bonchev–Trinajstić information content (AvgIpc) is 2.19. The summed E-state index contributed by atoms with van der Waals surface area (Å²) in [7, 11) is 1.57. The molecule has 0 fully saturated rings. The van der Waals surface area contributed by atoms with Crippen molar-refractivity contribution in [3.63, 3.8) is 0 Å². The normalized spacial score (nSPS) is 22.6. The van der Waals surface area contributed by atoms with Gasteiger partial charge in [-0.25, -0.2) is 0 Å². The Kier molecular flexibility index (Phi) is 3.22. The minimum Gasteiger partial charge on any atom is -0.399 e. The third-order valence-electron chi connectivity index (χ3n) is 2.26. The summed E-state index contributed by atoms with van der Waals surface area (Å²) in [6.45, 7) is 2.19. The molecule has 0 bridgehead atoms. The Hall–Kier alpha value is -0.670.